The van der Waals surface area contributed by atoms with Crippen LogP contribution in [0.1, 0.15) is 50.1 Å². The van der Waals surface area contributed by atoms with Crippen molar-refractivity contribution in [1.82, 2.24) is 9.80 Å². The van der Waals surface area contributed by atoms with Gasteiger partial charge in [0.25, 0.3) is 0 Å². The van der Waals surface area contributed by atoms with E-state index in [1.165, 1.54) is 17.0 Å². The summed E-state index contributed by atoms with van der Waals surface area (Å²) < 4.78 is 19.2. The van der Waals surface area contributed by atoms with E-state index < -0.39 is 6.10 Å². The summed E-state index contributed by atoms with van der Waals surface area (Å²) in [6.45, 7) is 8.83. The summed E-state index contributed by atoms with van der Waals surface area (Å²) in [6, 6.07) is 7.87. The van der Waals surface area contributed by atoms with Crippen LogP contribution in [0.2, 0.25) is 0 Å². The Bertz CT molecular complexity index is 855. The summed E-state index contributed by atoms with van der Waals surface area (Å²) in [4.78, 5) is 18.7. The molecule has 3 rings (SSSR count). The molecule has 5 nitrogen and oxygen atoms in total. The van der Waals surface area contributed by atoms with Gasteiger partial charge >= 0.3 is 0 Å². The summed E-state index contributed by atoms with van der Waals surface area (Å²) in [5, 5.41) is 12.4. The number of aliphatic hydroxyl groups is 1. The van der Waals surface area contributed by atoms with E-state index in [4.69, 9.17) is 4.74 Å². The number of halogens is 1. The van der Waals surface area contributed by atoms with Crippen LogP contribution in [-0.4, -0.2) is 59.7 Å². The van der Waals surface area contributed by atoms with Crippen LogP contribution >= 0.6 is 11.3 Å². The number of aliphatic hydroxyl groups excluding tert-OH is 1. The van der Waals surface area contributed by atoms with Crippen LogP contribution < -0.4 is 4.74 Å². The number of benzene rings is 1. The minimum Gasteiger partial charge on any atom is -0.491 e. The number of amides is 1. The molecule has 1 aromatic heterocycles. The normalized spacial score (nSPS) is 17.0. The van der Waals surface area contributed by atoms with Crippen molar-refractivity contribution in [3.8, 4) is 5.75 Å². The fraction of sp³-hybridized carbons (Fsp3) is 0.560. The Morgan fingerprint density at radius 2 is 2.03 bits per heavy atom. The number of carbonyl (C=O) groups excluding carboxylic acids is 1. The Balaban J connectivity index is 1.72. The molecule has 0 saturated carbocycles. The summed E-state index contributed by atoms with van der Waals surface area (Å²) in [5.41, 5.74) is 1.14. The maximum absolute atomic E-state index is 13.4. The number of hydrogen-bond donors (Lipinski definition) is 1. The van der Waals surface area contributed by atoms with Crippen molar-refractivity contribution in [2.75, 3.05) is 32.8 Å². The summed E-state index contributed by atoms with van der Waals surface area (Å²) >= 11 is 1.72. The molecule has 1 N–H and O–H groups in total. The summed E-state index contributed by atoms with van der Waals surface area (Å²) in [5.74, 6) is 0.741. The lowest BCUT2D eigenvalue weighted by Crippen LogP contribution is -2.48. The van der Waals surface area contributed by atoms with E-state index in [1.54, 1.807) is 23.5 Å². The number of carbonyl (C=O) groups is 1. The van der Waals surface area contributed by atoms with Gasteiger partial charge in [-0.15, -0.1) is 11.3 Å². The van der Waals surface area contributed by atoms with Crippen molar-refractivity contribution < 1.29 is 19.0 Å². The Hall–Kier alpha value is -1.96. The monoisotopic (exact) mass is 462 g/mol. The maximum atomic E-state index is 13.4. The van der Waals surface area contributed by atoms with Gasteiger partial charge in [-0.2, -0.15) is 0 Å². The molecule has 1 aliphatic heterocycles. The molecule has 0 bridgehead atoms. The second-order valence-electron chi connectivity index (χ2n) is 8.95. The lowest BCUT2D eigenvalue weighted by atomic mass is 10.00. The van der Waals surface area contributed by atoms with E-state index in [1.807, 2.05) is 4.90 Å². The second-order valence-corrected chi connectivity index (χ2v) is 9.95. The molecule has 2 unspecified atom stereocenters. The highest BCUT2D eigenvalue weighted by Gasteiger charge is 2.33. The molecule has 176 valence electrons. The highest BCUT2D eigenvalue weighted by molar-refractivity contribution is 7.10. The van der Waals surface area contributed by atoms with E-state index in [0.717, 1.165) is 31.4 Å². The van der Waals surface area contributed by atoms with Crippen molar-refractivity contribution in [3.63, 3.8) is 0 Å². The van der Waals surface area contributed by atoms with Gasteiger partial charge in [0.15, 0.2) is 0 Å². The van der Waals surface area contributed by atoms with Crippen molar-refractivity contribution in [2.45, 2.75) is 52.2 Å². The Kier molecular flexibility index (Phi) is 9.08. The lowest BCUT2D eigenvalue weighted by molar-refractivity contribution is -0.136. The molecule has 32 heavy (non-hydrogen) atoms. The molecule has 0 radical (unpaired) electrons. The summed E-state index contributed by atoms with van der Waals surface area (Å²) in [6.07, 6.45) is 2.07. The van der Waals surface area contributed by atoms with Crippen molar-refractivity contribution in [3.05, 3.63) is 52.0 Å². The highest BCUT2D eigenvalue weighted by atomic mass is 32.1. The first-order valence-corrected chi connectivity index (χ1v) is 12.4. The number of fused-ring (bicyclic) bond motifs is 1. The van der Waals surface area contributed by atoms with Gasteiger partial charge in [0.2, 0.25) is 5.91 Å². The van der Waals surface area contributed by atoms with Crippen LogP contribution in [0.5, 0.6) is 5.75 Å². The van der Waals surface area contributed by atoms with Crippen LogP contribution in [0.4, 0.5) is 4.39 Å². The maximum Gasteiger partial charge on any atom is 0.237 e. The topological polar surface area (TPSA) is 53.0 Å². The highest BCUT2D eigenvalue weighted by Crippen LogP contribution is 2.34. The van der Waals surface area contributed by atoms with Gasteiger partial charge in [-0.3, -0.25) is 9.69 Å². The standard InChI is InChI=1S/C25H35FN2O3S/c1-4-5-20(29)15-27(14-18(2)3)16-25(30)28-12-10-24-22(11-13-32-24)23(28)17-31-21-8-6-19(26)7-9-21/h6-9,11,13,18,20,23,29H,4-5,10,12,14-17H2,1-3H3. The number of nitrogens with zero attached hydrogens (tertiary/aromatic N) is 2. The van der Waals surface area contributed by atoms with E-state index in [2.05, 4.69) is 37.1 Å². The fourth-order valence-electron chi connectivity index (χ4n) is 4.31. The Morgan fingerprint density at radius 1 is 1.28 bits per heavy atom. The molecule has 2 aromatic rings. The van der Waals surface area contributed by atoms with E-state index in [9.17, 15) is 14.3 Å². The van der Waals surface area contributed by atoms with Gasteiger partial charge < -0.3 is 14.7 Å². The van der Waals surface area contributed by atoms with Crippen molar-refractivity contribution in [1.29, 1.82) is 0 Å². The average molecular weight is 463 g/mol. The van der Waals surface area contributed by atoms with Gasteiger partial charge in [0.1, 0.15) is 18.2 Å². The van der Waals surface area contributed by atoms with Crippen LogP contribution in [0.25, 0.3) is 0 Å². The first-order valence-electron chi connectivity index (χ1n) is 11.5. The van der Waals surface area contributed by atoms with Crippen molar-refractivity contribution in [2.24, 2.45) is 5.92 Å². The molecular weight excluding hydrogens is 427 g/mol. The second kappa shape index (κ2) is 11.8. The zero-order valence-electron chi connectivity index (χ0n) is 19.3. The lowest BCUT2D eigenvalue weighted by Gasteiger charge is -2.37. The van der Waals surface area contributed by atoms with E-state index >= 15 is 0 Å². The third-order valence-electron chi connectivity index (χ3n) is 5.71. The molecular formula is C25H35FN2O3S. The zero-order chi connectivity index (χ0) is 23.1. The average Bonchev–Trinajstić information content (AvgIpc) is 3.21. The predicted molar refractivity (Wildman–Crippen MR) is 127 cm³/mol. The van der Waals surface area contributed by atoms with Gasteiger partial charge in [0, 0.05) is 24.5 Å². The van der Waals surface area contributed by atoms with Crippen LogP contribution in [0.3, 0.4) is 0 Å². The molecule has 7 heteroatoms. The third-order valence-corrected chi connectivity index (χ3v) is 6.71. The predicted octanol–water partition coefficient (Wildman–Crippen LogP) is 4.51. The number of ether oxygens (including phenoxy) is 1. The zero-order valence-corrected chi connectivity index (χ0v) is 20.1. The van der Waals surface area contributed by atoms with Gasteiger partial charge in [-0.1, -0.05) is 27.2 Å². The smallest absolute Gasteiger partial charge is 0.237 e. The van der Waals surface area contributed by atoms with Crippen LogP contribution in [0.15, 0.2) is 35.7 Å². The largest absolute Gasteiger partial charge is 0.491 e. The molecule has 1 aromatic carbocycles. The van der Waals surface area contributed by atoms with Crippen molar-refractivity contribution >= 4 is 17.2 Å². The van der Waals surface area contributed by atoms with E-state index in [0.29, 0.717) is 31.4 Å². The van der Waals surface area contributed by atoms with E-state index in [-0.39, 0.29) is 24.3 Å². The fourth-order valence-corrected chi connectivity index (χ4v) is 5.23. The molecule has 2 heterocycles. The molecule has 0 saturated heterocycles. The summed E-state index contributed by atoms with van der Waals surface area (Å²) in [7, 11) is 0. The molecule has 1 amide bonds. The number of hydrogen-bond acceptors (Lipinski definition) is 5. The Morgan fingerprint density at radius 3 is 2.72 bits per heavy atom. The van der Waals surface area contributed by atoms with Gasteiger partial charge in [0.05, 0.1) is 18.7 Å². The minimum atomic E-state index is -0.422. The molecule has 0 fully saturated rings. The molecule has 0 spiro atoms. The third kappa shape index (κ3) is 6.77. The number of thiophene rings is 1. The number of rotatable bonds is 11. The van der Waals surface area contributed by atoms with Gasteiger partial charge in [-0.25, -0.2) is 4.39 Å². The molecule has 2 atom stereocenters. The molecule has 0 aliphatic carbocycles. The van der Waals surface area contributed by atoms with Crippen LogP contribution in [0, 0.1) is 11.7 Å². The van der Waals surface area contributed by atoms with Crippen LogP contribution in [-0.2, 0) is 11.2 Å². The van der Waals surface area contributed by atoms with Gasteiger partial charge in [-0.05, 0) is 60.0 Å². The first kappa shape index (κ1) is 24.7. The Labute approximate surface area is 194 Å². The minimum absolute atomic E-state index is 0.0545. The quantitative estimate of drug-likeness (QED) is 0.534. The molecule has 1 aliphatic rings. The SMILES string of the molecule is CCCC(O)CN(CC(=O)N1CCc2sccc2C1COc1ccc(F)cc1)CC(C)C. The first-order chi connectivity index (χ1) is 15.4.